The van der Waals surface area contributed by atoms with E-state index in [1.807, 2.05) is 0 Å². The van der Waals surface area contributed by atoms with Crippen molar-refractivity contribution in [3.05, 3.63) is 34.9 Å². The Hall–Kier alpha value is -2.64. The van der Waals surface area contributed by atoms with Crippen molar-refractivity contribution in [2.24, 2.45) is 17.8 Å². The summed E-state index contributed by atoms with van der Waals surface area (Å²) in [6, 6.07) is -0.425. The van der Waals surface area contributed by atoms with E-state index in [9.17, 15) is 29.0 Å². The molecule has 0 bridgehead atoms. The van der Waals surface area contributed by atoms with Crippen molar-refractivity contribution < 1.29 is 29.0 Å². The number of hydrogen-bond donors (Lipinski definition) is 2. The van der Waals surface area contributed by atoms with Crippen molar-refractivity contribution in [2.75, 3.05) is 13.1 Å². The van der Waals surface area contributed by atoms with Gasteiger partial charge in [-0.25, -0.2) is 9.18 Å². The van der Waals surface area contributed by atoms with Gasteiger partial charge in [0.2, 0.25) is 0 Å². The molecule has 27 heavy (non-hydrogen) atoms. The largest absolute Gasteiger partial charge is 0.481 e. The Bertz CT molecular complexity index is 826. The monoisotopic (exact) mass is 376 g/mol. The van der Waals surface area contributed by atoms with Gasteiger partial charge >= 0.3 is 11.9 Å². The summed E-state index contributed by atoms with van der Waals surface area (Å²) in [5.74, 6) is -3.96. The van der Waals surface area contributed by atoms with Crippen LogP contribution in [0, 0.1) is 17.8 Å². The molecule has 0 spiro atoms. The molecule has 144 valence electrons. The lowest BCUT2D eigenvalue weighted by Gasteiger charge is -2.43. The third kappa shape index (κ3) is 2.83. The number of halogens is 1. The number of amides is 1. The molecule has 7 nitrogen and oxygen atoms in total. The Balaban J connectivity index is 1.73. The van der Waals surface area contributed by atoms with Crippen molar-refractivity contribution in [3.63, 3.8) is 0 Å². The first-order valence-corrected chi connectivity index (χ1v) is 9.13. The number of nitrogens with zero attached hydrogens (tertiary/aromatic N) is 2. The summed E-state index contributed by atoms with van der Waals surface area (Å²) in [6.45, 7) is 2.43. The average molecular weight is 376 g/mol. The number of fused-ring (bicyclic) bond motifs is 1. The second kappa shape index (κ2) is 6.21. The van der Waals surface area contributed by atoms with E-state index in [1.165, 1.54) is 11.0 Å². The van der Waals surface area contributed by atoms with Gasteiger partial charge in [0, 0.05) is 25.2 Å². The topological polar surface area (TPSA) is 98.2 Å². The van der Waals surface area contributed by atoms with E-state index in [4.69, 9.17) is 0 Å². The molecule has 2 N–H and O–H groups in total. The number of allylic oxidation sites excluding steroid dienone is 1. The molecular weight excluding hydrogens is 355 g/mol. The molecule has 0 radical (unpaired) electrons. The van der Waals surface area contributed by atoms with Crippen LogP contribution in [0.2, 0.25) is 0 Å². The Kier molecular flexibility index (Phi) is 4.09. The minimum Gasteiger partial charge on any atom is -0.481 e. The molecule has 3 atom stereocenters. The van der Waals surface area contributed by atoms with Crippen LogP contribution in [0.25, 0.3) is 0 Å². The van der Waals surface area contributed by atoms with Crippen LogP contribution in [-0.4, -0.2) is 57.0 Å². The van der Waals surface area contributed by atoms with Crippen molar-refractivity contribution in [3.8, 4) is 0 Å². The van der Waals surface area contributed by atoms with E-state index < -0.39 is 35.6 Å². The third-order valence-corrected chi connectivity index (χ3v) is 6.03. The van der Waals surface area contributed by atoms with Crippen LogP contribution in [0.5, 0.6) is 0 Å². The van der Waals surface area contributed by atoms with Crippen LogP contribution in [0.1, 0.15) is 26.2 Å². The zero-order valence-electron chi connectivity index (χ0n) is 14.9. The molecule has 4 aliphatic rings. The van der Waals surface area contributed by atoms with E-state index in [0.29, 0.717) is 24.2 Å². The number of aliphatic carboxylic acids is 2. The Morgan fingerprint density at radius 1 is 1.22 bits per heavy atom. The highest BCUT2D eigenvalue weighted by atomic mass is 19.1. The van der Waals surface area contributed by atoms with Crippen molar-refractivity contribution in [1.29, 1.82) is 0 Å². The number of likely N-dealkylation sites (tertiary alicyclic amines) is 1. The van der Waals surface area contributed by atoms with Gasteiger partial charge in [-0.15, -0.1) is 0 Å². The van der Waals surface area contributed by atoms with Gasteiger partial charge in [-0.2, -0.15) is 0 Å². The molecule has 1 saturated carbocycles. The van der Waals surface area contributed by atoms with E-state index in [-0.39, 0.29) is 24.0 Å². The lowest BCUT2D eigenvalue weighted by molar-refractivity contribution is -0.141. The van der Waals surface area contributed by atoms with Crippen LogP contribution in [0.15, 0.2) is 34.9 Å². The Morgan fingerprint density at radius 3 is 2.48 bits per heavy atom. The second-order valence-corrected chi connectivity index (χ2v) is 7.74. The van der Waals surface area contributed by atoms with E-state index >= 15 is 0 Å². The Labute approximate surface area is 155 Å². The highest BCUT2D eigenvalue weighted by Crippen LogP contribution is 2.47. The first-order valence-electron chi connectivity index (χ1n) is 9.13. The molecular formula is C19H21FN2O5. The molecule has 4 rings (SSSR count). The minimum absolute atomic E-state index is 0.175. The molecule has 0 aromatic heterocycles. The molecule has 2 fully saturated rings. The molecule has 1 saturated heterocycles. The van der Waals surface area contributed by atoms with Crippen LogP contribution in [0.3, 0.4) is 0 Å². The maximum atomic E-state index is 14.9. The predicted octanol–water partition coefficient (Wildman–Crippen LogP) is 1.74. The SMILES string of the molecule is CC1=C(N2CCC(C(=O)O)C2)C(F)=CN2C(=O)C(C(=O)O)=CC(C3CC3)C12. The third-order valence-electron chi connectivity index (χ3n) is 6.03. The van der Waals surface area contributed by atoms with Crippen LogP contribution >= 0.6 is 0 Å². The Morgan fingerprint density at radius 2 is 1.93 bits per heavy atom. The van der Waals surface area contributed by atoms with Gasteiger partial charge in [0.05, 0.1) is 17.7 Å². The highest BCUT2D eigenvalue weighted by molar-refractivity contribution is 6.16. The summed E-state index contributed by atoms with van der Waals surface area (Å²) < 4.78 is 14.9. The van der Waals surface area contributed by atoms with Gasteiger partial charge in [-0.05, 0) is 37.7 Å². The summed E-state index contributed by atoms with van der Waals surface area (Å²) in [7, 11) is 0. The lowest BCUT2D eigenvalue weighted by Crippen LogP contribution is -2.50. The molecule has 0 aromatic carbocycles. The number of rotatable bonds is 4. The normalized spacial score (nSPS) is 30.9. The van der Waals surface area contributed by atoms with Crippen molar-refractivity contribution in [2.45, 2.75) is 32.2 Å². The fourth-order valence-electron chi connectivity index (χ4n) is 4.56. The van der Waals surface area contributed by atoms with Gasteiger partial charge in [-0.3, -0.25) is 9.59 Å². The molecule has 3 heterocycles. The molecule has 3 unspecified atom stereocenters. The van der Waals surface area contributed by atoms with Crippen molar-refractivity contribution in [1.82, 2.24) is 9.80 Å². The van der Waals surface area contributed by atoms with Gasteiger partial charge in [0.25, 0.3) is 5.91 Å². The zero-order valence-corrected chi connectivity index (χ0v) is 14.9. The molecule has 3 aliphatic heterocycles. The smallest absolute Gasteiger partial charge is 0.341 e. The molecule has 0 aromatic rings. The van der Waals surface area contributed by atoms with Crippen LogP contribution < -0.4 is 0 Å². The first-order chi connectivity index (χ1) is 12.8. The van der Waals surface area contributed by atoms with Crippen LogP contribution in [0.4, 0.5) is 4.39 Å². The first kappa shape index (κ1) is 17.8. The van der Waals surface area contributed by atoms with Crippen LogP contribution in [-0.2, 0) is 14.4 Å². The number of carboxylic acids is 2. The summed E-state index contributed by atoms with van der Waals surface area (Å²) in [4.78, 5) is 38.3. The fraction of sp³-hybridized carbons (Fsp3) is 0.526. The quantitative estimate of drug-likeness (QED) is 0.726. The average Bonchev–Trinajstić information content (AvgIpc) is 3.32. The number of carbonyl (C=O) groups is 3. The fourth-order valence-corrected chi connectivity index (χ4v) is 4.56. The van der Waals surface area contributed by atoms with Gasteiger partial charge in [-0.1, -0.05) is 6.08 Å². The molecule has 8 heteroatoms. The van der Waals surface area contributed by atoms with E-state index in [0.717, 1.165) is 19.0 Å². The summed E-state index contributed by atoms with van der Waals surface area (Å²) in [6.07, 6.45) is 4.97. The summed E-state index contributed by atoms with van der Waals surface area (Å²) in [5.41, 5.74) is 0.702. The van der Waals surface area contributed by atoms with Gasteiger partial charge < -0.3 is 20.0 Å². The number of carboxylic acid groups (broad SMARTS) is 2. The highest BCUT2D eigenvalue weighted by Gasteiger charge is 2.48. The summed E-state index contributed by atoms with van der Waals surface area (Å²) >= 11 is 0. The van der Waals surface area contributed by atoms with Crippen molar-refractivity contribution >= 4 is 17.8 Å². The van der Waals surface area contributed by atoms with Gasteiger partial charge in [0.15, 0.2) is 5.83 Å². The number of hydrogen-bond acceptors (Lipinski definition) is 4. The maximum Gasteiger partial charge on any atom is 0.341 e. The molecule has 1 aliphatic carbocycles. The summed E-state index contributed by atoms with van der Waals surface area (Å²) in [5, 5.41) is 18.6. The maximum absolute atomic E-state index is 14.9. The molecule has 1 amide bonds. The second-order valence-electron chi connectivity index (χ2n) is 7.74. The predicted molar refractivity (Wildman–Crippen MR) is 91.8 cm³/mol. The van der Waals surface area contributed by atoms with Gasteiger partial charge in [0.1, 0.15) is 5.57 Å². The standard InChI is InChI=1S/C19H21FN2O5/c1-9-15-12(10-2-3-10)6-13(19(26)27)17(23)22(15)8-14(20)16(9)21-5-4-11(7-21)18(24)25/h6,8,10-12,15H,2-5,7H2,1H3,(H,24,25)(H,26,27). The minimum atomic E-state index is -1.30. The zero-order chi connectivity index (χ0) is 19.5. The van der Waals surface area contributed by atoms with E-state index in [2.05, 4.69) is 0 Å². The number of carbonyl (C=O) groups excluding carboxylic acids is 1. The van der Waals surface area contributed by atoms with E-state index in [1.54, 1.807) is 11.8 Å². The lowest BCUT2D eigenvalue weighted by atomic mass is 9.81.